The van der Waals surface area contributed by atoms with E-state index in [1.54, 1.807) is 4.90 Å². The number of hydrogen-bond donors (Lipinski definition) is 2. The Morgan fingerprint density at radius 3 is 2.56 bits per heavy atom. The first-order chi connectivity index (χ1) is 7.47. The van der Waals surface area contributed by atoms with E-state index in [4.69, 9.17) is 10.8 Å². The monoisotopic (exact) mass is 228 g/mol. The molecule has 1 heterocycles. The van der Waals surface area contributed by atoms with E-state index < -0.39 is 11.9 Å². The van der Waals surface area contributed by atoms with Crippen LogP contribution in [0, 0.1) is 17.8 Å². The second-order valence-corrected chi connectivity index (χ2v) is 4.64. The van der Waals surface area contributed by atoms with Gasteiger partial charge in [0, 0.05) is 19.0 Å². The second kappa shape index (κ2) is 5.30. The Kier molecular flexibility index (Phi) is 4.29. The van der Waals surface area contributed by atoms with Crippen molar-refractivity contribution in [1.82, 2.24) is 4.90 Å². The molecule has 1 saturated heterocycles. The normalized spacial score (nSPS) is 26.8. The molecule has 0 bridgehead atoms. The lowest BCUT2D eigenvalue weighted by Gasteiger charge is -2.20. The maximum atomic E-state index is 11.9. The van der Waals surface area contributed by atoms with Gasteiger partial charge in [-0.3, -0.25) is 9.59 Å². The molecule has 0 radical (unpaired) electrons. The van der Waals surface area contributed by atoms with E-state index in [2.05, 4.69) is 0 Å². The third kappa shape index (κ3) is 2.72. The van der Waals surface area contributed by atoms with Crippen LogP contribution in [0.15, 0.2) is 0 Å². The standard InChI is InChI=1S/C11H20N2O3/c1-7(3-4-12)10(14)13-5-8(2)9(6-13)11(15)16/h7-9H,3-6,12H2,1-2H3,(H,15,16). The largest absolute Gasteiger partial charge is 0.481 e. The Morgan fingerprint density at radius 1 is 1.50 bits per heavy atom. The summed E-state index contributed by atoms with van der Waals surface area (Å²) in [6.45, 7) is 5.08. The number of amides is 1. The minimum Gasteiger partial charge on any atom is -0.481 e. The van der Waals surface area contributed by atoms with E-state index in [-0.39, 0.29) is 17.7 Å². The highest BCUT2D eigenvalue weighted by Gasteiger charge is 2.37. The van der Waals surface area contributed by atoms with Gasteiger partial charge in [-0.25, -0.2) is 0 Å². The summed E-state index contributed by atoms with van der Waals surface area (Å²) in [6, 6.07) is 0. The lowest BCUT2D eigenvalue weighted by Crippen LogP contribution is -2.34. The van der Waals surface area contributed by atoms with E-state index in [1.807, 2.05) is 13.8 Å². The van der Waals surface area contributed by atoms with Crippen molar-refractivity contribution in [3.8, 4) is 0 Å². The minimum atomic E-state index is -0.811. The summed E-state index contributed by atoms with van der Waals surface area (Å²) in [5, 5.41) is 8.97. The van der Waals surface area contributed by atoms with Crippen LogP contribution in [0.3, 0.4) is 0 Å². The highest BCUT2D eigenvalue weighted by molar-refractivity contribution is 5.80. The highest BCUT2D eigenvalue weighted by atomic mass is 16.4. The Morgan fingerprint density at radius 2 is 2.12 bits per heavy atom. The number of nitrogens with zero attached hydrogens (tertiary/aromatic N) is 1. The van der Waals surface area contributed by atoms with Gasteiger partial charge in [0.1, 0.15) is 0 Å². The van der Waals surface area contributed by atoms with Gasteiger partial charge in [0.2, 0.25) is 5.91 Å². The molecule has 0 saturated carbocycles. The molecule has 3 N–H and O–H groups in total. The van der Waals surface area contributed by atoms with Crippen molar-refractivity contribution in [2.45, 2.75) is 20.3 Å². The van der Waals surface area contributed by atoms with Gasteiger partial charge in [0.05, 0.1) is 5.92 Å². The number of rotatable bonds is 4. The van der Waals surface area contributed by atoms with E-state index in [0.717, 1.165) is 0 Å². The predicted octanol–water partition coefficient (Wildman–Crippen LogP) is 0.150. The maximum Gasteiger partial charge on any atom is 0.308 e. The van der Waals surface area contributed by atoms with Crippen LogP contribution >= 0.6 is 0 Å². The van der Waals surface area contributed by atoms with Crippen LogP contribution in [0.1, 0.15) is 20.3 Å². The van der Waals surface area contributed by atoms with Crippen LogP contribution < -0.4 is 5.73 Å². The van der Waals surface area contributed by atoms with E-state index in [1.165, 1.54) is 0 Å². The topological polar surface area (TPSA) is 83.6 Å². The number of carboxylic acid groups (broad SMARTS) is 1. The molecule has 16 heavy (non-hydrogen) atoms. The molecule has 0 aromatic rings. The van der Waals surface area contributed by atoms with Gasteiger partial charge in [-0.15, -0.1) is 0 Å². The zero-order chi connectivity index (χ0) is 12.3. The molecule has 1 aliphatic rings. The lowest BCUT2D eigenvalue weighted by molar-refractivity contribution is -0.142. The summed E-state index contributed by atoms with van der Waals surface area (Å²) in [7, 11) is 0. The molecule has 0 aromatic heterocycles. The van der Waals surface area contributed by atoms with Crippen molar-refractivity contribution in [2.75, 3.05) is 19.6 Å². The number of nitrogens with two attached hydrogens (primary N) is 1. The Hall–Kier alpha value is -1.10. The number of hydrogen-bond acceptors (Lipinski definition) is 3. The summed E-state index contributed by atoms with van der Waals surface area (Å²) in [6.07, 6.45) is 0.654. The van der Waals surface area contributed by atoms with Crippen molar-refractivity contribution in [2.24, 2.45) is 23.5 Å². The Balaban J connectivity index is 2.58. The molecule has 1 amide bonds. The summed E-state index contributed by atoms with van der Waals surface area (Å²) < 4.78 is 0. The molecule has 92 valence electrons. The average molecular weight is 228 g/mol. The van der Waals surface area contributed by atoms with Gasteiger partial charge in [0.25, 0.3) is 0 Å². The number of aliphatic carboxylic acids is 1. The minimum absolute atomic E-state index is 0.0288. The number of carbonyl (C=O) groups is 2. The summed E-state index contributed by atoms with van der Waals surface area (Å²) in [5.74, 6) is -1.28. The van der Waals surface area contributed by atoms with Crippen LogP contribution in [0.25, 0.3) is 0 Å². The van der Waals surface area contributed by atoms with Gasteiger partial charge >= 0.3 is 5.97 Å². The first-order valence-corrected chi connectivity index (χ1v) is 5.69. The highest BCUT2D eigenvalue weighted by Crippen LogP contribution is 2.24. The van der Waals surface area contributed by atoms with Crippen LogP contribution in [-0.2, 0) is 9.59 Å². The predicted molar refractivity (Wildman–Crippen MR) is 59.7 cm³/mol. The quantitative estimate of drug-likeness (QED) is 0.717. The molecule has 1 aliphatic heterocycles. The Labute approximate surface area is 95.6 Å². The summed E-state index contributed by atoms with van der Waals surface area (Å²) in [5.41, 5.74) is 5.40. The van der Waals surface area contributed by atoms with E-state index in [0.29, 0.717) is 26.1 Å². The van der Waals surface area contributed by atoms with Crippen molar-refractivity contribution in [1.29, 1.82) is 0 Å². The van der Waals surface area contributed by atoms with Gasteiger partial charge < -0.3 is 15.7 Å². The van der Waals surface area contributed by atoms with Crippen molar-refractivity contribution in [3.05, 3.63) is 0 Å². The van der Waals surface area contributed by atoms with Crippen LogP contribution in [-0.4, -0.2) is 41.5 Å². The van der Waals surface area contributed by atoms with Crippen molar-refractivity contribution in [3.63, 3.8) is 0 Å². The molecule has 1 fully saturated rings. The van der Waals surface area contributed by atoms with Crippen molar-refractivity contribution < 1.29 is 14.7 Å². The molecule has 0 aromatic carbocycles. The van der Waals surface area contributed by atoms with Gasteiger partial charge in [0.15, 0.2) is 0 Å². The van der Waals surface area contributed by atoms with E-state index >= 15 is 0 Å². The first-order valence-electron chi connectivity index (χ1n) is 5.69. The average Bonchev–Trinajstić information content (AvgIpc) is 2.59. The fourth-order valence-electron chi connectivity index (χ4n) is 2.15. The fourth-order valence-corrected chi connectivity index (χ4v) is 2.15. The van der Waals surface area contributed by atoms with Gasteiger partial charge in [-0.05, 0) is 18.9 Å². The molecule has 5 heteroatoms. The van der Waals surface area contributed by atoms with Crippen LogP contribution in [0.5, 0.6) is 0 Å². The summed E-state index contributed by atoms with van der Waals surface area (Å²) >= 11 is 0. The van der Waals surface area contributed by atoms with Crippen LogP contribution in [0.2, 0.25) is 0 Å². The van der Waals surface area contributed by atoms with E-state index in [9.17, 15) is 9.59 Å². The second-order valence-electron chi connectivity index (χ2n) is 4.64. The smallest absolute Gasteiger partial charge is 0.308 e. The fraction of sp³-hybridized carbons (Fsp3) is 0.818. The number of carbonyl (C=O) groups excluding carboxylic acids is 1. The molecule has 0 aliphatic carbocycles. The SMILES string of the molecule is CC(CCN)C(=O)N1CC(C)C(C(=O)O)C1. The molecular weight excluding hydrogens is 208 g/mol. The lowest BCUT2D eigenvalue weighted by atomic mass is 9.99. The zero-order valence-electron chi connectivity index (χ0n) is 9.85. The summed E-state index contributed by atoms with van der Waals surface area (Å²) in [4.78, 5) is 24.5. The third-order valence-electron chi connectivity index (χ3n) is 3.26. The number of likely N-dealkylation sites (tertiary alicyclic amines) is 1. The molecular formula is C11H20N2O3. The number of carboxylic acids is 1. The van der Waals surface area contributed by atoms with Gasteiger partial charge in [-0.2, -0.15) is 0 Å². The third-order valence-corrected chi connectivity index (χ3v) is 3.26. The van der Waals surface area contributed by atoms with Crippen molar-refractivity contribution >= 4 is 11.9 Å². The van der Waals surface area contributed by atoms with Gasteiger partial charge in [-0.1, -0.05) is 13.8 Å². The molecule has 0 spiro atoms. The molecule has 1 rings (SSSR count). The molecule has 3 unspecified atom stereocenters. The van der Waals surface area contributed by atoms with Crippen LogP contribution in [0.4, 0.5) is 0 Å². The first kappa shape index (κ1) is 13.0. The zero-order valence-corrected chi connectivity index (χ0v) is 9.85. The molecule has 3 atom stereocenters. The molecule has 5 nitrogen and oxygen atoms in total. The maximum absolute atomic E-state index is 11.9. The Bertz CT molecular complexity index is 280.